The van der Waals surface area contributed by atoms with Gasteiger partial charge in [0.15, 0.2) is 0 Å². The van der Waals surface area contributed by atoms with Crippen LogP contribution in [-0.4, -0.2) is 18.1 Å². The molecular formula is C17H31N3. The number of hydrogen-bond donors (Lipinski definition) is 2. The summed E-state index contributed by atoms with van der Waals surface area (Å²) in [4.78, 5) is 4.59. The molecule has 0 aromatic carbocycles. The second-order valence-electron chi connectivity index (χ2n) is 6.32. The Morgan fingerprint density at radius 1 is 1.10 bits per heavy atom. The molecule has 1 aromatic heterocycles. The van der Waals surface area contributed by atoms with Crippen molar-refractivity contribution >= 4 is 5.82 Å². The Labute approximate surface area is 124 Å². The molecule has 1 aromatic rings. The Hall–Kier alpha value is -1.09. The van der Waals surface area contributed by atoms with Crippen LogP contribution in [0.25, 0.3) is 0 Å². The number of hydrogen-bond acceptors (Lipinski definition) is 3. The maximum Gasteiger partial charge on any atom is 0.126 e. The van der Waals surface area contributed by atoms with Crippen molar-refractivity contribution in [1.82, 2.24) is 10.3 Å². The number of pyridine rings is 1. The van der Waals surface area contributed by atoms with Crippen molar-refractivity contribution in [3.63, 3.8) is 0 Å². The van der Waals surface area contributed by atoms with Crippen molar-refractivity contribution in [2.45, 2.75) is 48.1 Å². The largest absolute Gasteiger partial charge is 0.370 e. The van der Waals surface area contributed by atoms with Crippen molar-refractivity contribution in [2.75, 3.05) is 18.4 Å². The van der Waals surface area contributed by atoms with Crippen LogP contribution in [0.15, 0.2) is 12.1 Å². The summed E-state index contributed by atoms with van der Waals surface area (Å²) in [6.45, 7) is 16.3. The Kier molecular flexibility index (Phi) is 7.00. The highest BCUT2D eigenvalue weighted by Crippen LogP contribution is 2.21. The van der Waals surface area contributed by atoms with Gasteiger partial charge in [0, 0.05) is 18.8 Å². The summed E-state index contributed by atoms with van der Waals surface area (Å²) in [5, 5.41) is 6.89. The molecule has 0 spiro atoms. The smallest absolute Gasteiger partial charge is 0.126 e. The van der Waals surface area contributed by atoms with Gasteiger partial charge >= 0.3 is 0 Å². The standard InChI is InChI=1S/C17H31N3/c1-7-18-10-15-8-14(6)20-17(9-15)19-11-16(12(2)3)13(4)5/h8-9,12-13,16,18H,7,10-11H2,1-6H3,(H,19,20). The molecule has 0 fully saturated rings. The zero-order valence-electron chi connectivity index (χ0n) is 14.0. The van der Waals surface area contributed by atoms with Gasteiger partial charge in [0.2, 0.25) is 0 Å². The topological polar surface area (TPSA) is 37.0 Å². The quantitative estimate of drug-likeness (QED) is 0.758. The minimum Gasteiger partial charge on any atom is -0.370 e. The van der Waals surface area contributed by atoms with E-state index in [1.807, 2.05) is 0 Å². The lowest BCUT2D eigenvalue weighted by Crippen LogP contribution is -2.25. The molecule has 1 heterocycles. The summed E-state index contributed by atoms with van der Waals surface area (Å²) >= 11 is 0. The van der Waals surface area contributed by atoms with E-state index >= 15 is 0 Å². The molecule has 0 radical (unpaired) electrons. The van der Waals surface area contributed by atoms with Crippen molar-refractivity contribution < 1.29 is 0 Å². The third-order valence-corrected chi connectivity index (χ3v) is 3.82. The van der Waals surface area contributed by atoms with Gasteiger partial charge in [-0.2, -0.15) is 0 Å². The van der Waals surface area contributed by atoms with Crippen LogP contribution in [0.1, 0.15) is 45.9 Å². The minimum absolute atomic E-state index is 0.675. The summed E-state index contributed by atoms with van der Waals surface area (Å²) in [6, 6.07) is 4.31. The lowest BCUT2D eigenvalue weighted by atomic mass is 9.85. The molecule has 0 unspecified atom stereocenters. The first-order chi connectivity index (χ1) is 9.43. The SMILES string of the molecule is CCNCc1cc(C)nc(NCC(C(C)C)C(C)C)c1. The summed E-state index contributed by atoms with van der Waals surface area (Å²) in [6.07, 6.45) is 0. The molecule has 0 aliphatic heterocycles. The number of anilines is 1. The Bertz CT molecular complexity index is 391. The Balaban J connectivity index is 2.69. The molecule has 20 heavy (non-hydrogen) atoms. The van der Waals surface area contributed by atoms with Crippen LogP contribution in [0.5, 0.6) is 0 Å². The second kappa shape index (κ2) is 8.25. The maximum atomic E-state index is 4.59. The third-order valence-electron chi connectivity index (χ3n) is 3.82. The normalized spacial score (nSPS) is 11.7. The van der Waals surface area contributed by atoms with Crippen LogP contribution in [0, 0.1) is 24.7 Å². The molecule has 0 amide bonds. The fourth-order valence-corrected chi connectivity index (χ4v) is 2.67. The van der Waals surface area contributed by atoms with Crippen molar-refractivity contribution in [3.8, 4) is 0 Å². The fourth-order valence-electron chi connectivity index (χ4n) is 2.67. The third kappa shape index (κ3) is 5.49. The van der Waals surface area contributed by atoms with Crippen LogP contribution >= 0.6 is 0 Å². The van der Waals surface area contributed by atoms with Crippen molar-refractivity contribution in [2.24, 2.45) is 17.8 Å². The number of aryl methyl sites for hydroxylation is 1. The van der Waals surface area contributed by atoms with Crippen LogP contribution < -0.4 is 10.6 Å². The highest BCUT2D eigenvalue weighted by atomic mass is 15.0. The van der Waals surface area contributed by atoms with Gasteiger partial charge < -0.3 is 10.6 Å². The summed E-state index contributed by atoms with van der Waals surface area (Å²) in [5.74, 6) is 3.06. The number of nitrogens with zero attached hydrogens (tertiary/aromatic N) is 1. The van der Waals surface area contributed by atoms with Gasteiger partial charge in [-0.15, -0.1) is 0 Å². The van der Waals surface area contributed by atoms with Crippen molar-refractivity contribution in [1.29, 1.82) is 0 Å². The molecule has 0 saturated heterocycles. The highest BCUT2D eigenvalue weighted by molar-refractivity contribution is 5.39. The molecule has 1 rings (SSSR count). The second-order valence-corrected chi connectivity index (χ2v) is 6.32. The number of nitrogens with one attached hydrogen (secondary N) is 2. The van der Waals surface area contributed by atoms with Gasteiger partial charge in [0.25, 0.3) is 0 Å². The first kappa shape index (κ1) is 17.0. The van der Waals surface area contributed by atoms with Gasteiger partial charge in [-0.1, -0.05) is 34.6 Å². The van der Waals surface area contributed by atoms with E-state index in [0.29, 0.717) is 17.8 Å². The molecule has 0 atom stereocenters. The Morgan fingerprint density at radius 3 is 2.30 bits per heavy atom. The van der Waals surface area contributed by atoms with Gasteiger partial charge in [-0.25, -0.2) is 4.98 Å². The van der Waals surface area contributed by atoms with E-state index in [1.165, 1.54) is 5.56 Å². The van der Waals surface area contributed by atoms with E-state index in [4.69, 9.17) is 0 Å². The lowest BCUT2D eigenvalue weighted by molar-refractivity contribution is 0.304. The van der Waals surface area contributed by atoms with Crippen LogP contribution in [-0.2, 0) is 6.54 Å². The molecule has 0 saturated carbocycles. The molecule has 2 N–H and O–H groups in total. The van der Waals surface area contributed by atoms with Gasteiger partial charge in [0.1, 0.15) is 5.82 Å². The summed E-state index contributed by atoms with van der Waals surface area (Å²) < 4.78 is 0. The highest BCUT2D eigenvalue weighted by Gasteiger charge is 2.17. The molecule has 0 aliphatic carbocycles. The number of aromatic nitrogens is 1. The summed E-state index contributed by atoms with van der Waals surface area (Å²) in [5.41, 5.74) is 2.38. The predicted octanol–water partition coefficient (Wildman–Crippen LogP) is 3.84. The monoisotopic (exact) mass is 277 g/mol. The minimum atomic E-state index is 0.675. The molecule has 3 nitrogen and oxygen atoms in total. The van der Waals surface area contributed by atoms with E-state index in [1.54, 1.807) is 0 Å². The molecule has 114 valence electrons. The summed E-state index contributed by atoms with van der Waals surface area (Å²) in [7, 11) is 0. The van der Waals surface area contributed by atoms with E-state index in [0.717, 1.165) is 31.1 Å². The van der Waals surface area contributed by atoms with Crippen LogP contribution in [0.3, 0.4) is 0 Å². The van der Waals surface area contributed by atoms with Crippen molar-refractivity contribution in [3.05, 3.63) is 23.4 Å². The first-order valence-electron chi connectivity index (χ1n) is 7.86. The van der Waals surface area contributed by atoms with E-state index < -0.39 is 0 Å². The van der Waals surface area contributed by atoms with Gasteiger partial charge in [0.05, 0.1) is 0 Å². The van der Waals surface area contributed by atoms with E-state index in [9.17, 15) is 0 Å². The van der Waals surface area contributed by atoms with Gasteiger partial charge in [-0.3, -0.25) is 0 Å². The zero-order chi connectivity index (χ0) is 15.1. The molecule has 0 aliphatic rings. The van der Waals surface area contributed by atoms with Crippen LogP contribution in [0.2, 0.25) is 0 Å². The van der Waals surface area contributed by atoms with E-state index in [2.05, 4.69) is 69.3 Å². The average molecular weight is 277 g/mol. The fraction of sp³-hybridized carbons (Fsp3) is 0.706. The van der Waals surface area contributed by atoms with Gasteiger partial charge in [-0.05, 0) is 48.9 Å². The van der Waals surface area contributed by atoms with E-state index in [-0.39, 0.29) is 0 Å². The molecule has 3 heteroatoms. The predicted molar refractivity (Wildman–Crippen MR) is 88.0 cm³/mol. The van der Waals surface area contributed by atoms with Crippen LogP contribution in [0.4, 0.5) is 5.82 Å². The molecular weight excluding hydrogens is 246 g/mol. The lowest BCUT2D eigenvalue weighted by Gasteiger charge is -2.25. The number of rotatable bonds is 8. The maximum absolute atomic E-state index is 4.59. The zero-order valence-corrected chi connectivity index (χ0v) is 14.0. The average Bonchev–Trinajstić information content (AvgIpc) is 2.35. The molecule has 0 bridgehead atoms. The first-order valence-corrected chi connectivity index (χ1v) is 7.86. The Morgan fingerprint density at radius 2 is 1.75 bits per heavy atom.